The molecule has 1 aromatic carbocycles. The van der Waals surface area contributed by atoms with E-state index in [4.69, 9.17) is 0 Å². The Bertz CT molecular complexity index is 626. The average Bonchev–Trinajstić information content (AvgIpc) is 2.83. The van der Waals surface area contributed by atoms with Gasteiger partial charge in [0.1, 0.15) is 5.69 Å². The highest BCUT2D eigenvalue weighted by molar-refractivity contribution is 6.03. The third kappa shape index (κ3) is 2.81. The second-order valence-corrected chi connectivity index (χ2v) is 4.39. The molecule has 0 radical (unpaired) electrons. The number of aryl methyl sites for hydroxylation is 2. The number of rotatable bonds is 2. The van der Waals surface area contributed by atoms with Crippen molar-refractivity contribution in [3.63, 3.8) is 0 Å². The van der Waals surface area contributed by atoms with E-state index in [0.29, 0.717) is 11.8 Å². The summed E-state index contributed by atoms with van der Waals surface area (Å²) in [5, 5.41) is 7.76. The summed E-state index contributed by atoms with van der Waals surface area (Å²) in [5.74, 6) is -0.686. The number of carbonyl (C=O) groups excluding carboxylic acids is 1. The molecule has 0 atom stereocenters. The zero-order valence-corrected chi connectivity index (χ0v) is 10.8. The smallest absolute Gasteiger partial charge is 0.320 e. The van der Waals surface area contributed by atoms with Crippen LogP contribution >= 0.6 is 0 Å². The minimum Gasteiger partial charge on any atom is -0.320 e. The molecule has 2 rings (SSSR count). The Labute approximate surface area is 113 Å². The van der Waals surface area contributed by atoms with Crippen molar-refractivity contribution in [1.82, 2.24) is 10.2 Å². The number of benzene rings is 1. The third-order valence-electron chi connectivity index (χ3n) is 2.84. The maximum absolute atomic E-state index is 12.4. The highest BCUT2D eigenvalue weighted by Crippen LogP contribution is 2.28. The van der Waals surface area contributed by atoms with Crippen LogP contribution in [0.1, 0.15) is 27.3 Å². The van der Waals surface area contributed by atoms with Crippen molar-refractivity contribution in [2.24, 2.45) is 0 Å². The van der Waals surface area contributed by atoms with Crippen molar-refractivity contribution < 1.29 is 18.0 Å². The van der Waals surface area contributed by atoms with Gasteiger partial charge in [-0.15, -0.1) is 0 Å². The second-order valence-electron chi connectivity index (χ2n) is 4.39. The maximum Gasteiger partial charge on any atom is 0.432 e. The Morgan fingerprint density at radius 1 is 1.25 bits per heavy atom. The summed E-state index contributed by atoms with van der Waals surface area (Å²) < 4.78 is 37.3. The van der Waals surface area contributed by atoms with E-state index in [-0.39, 0.29) is 5.69 Å². The van der Waals surface area contributed by atoms with Crippen LogP contribution in [0.25, 0.3) is 0 Å². The number of carbonyl (C=O) groups is 1. The molecule has 7 heteroatoms. The first-order valence-electron chi connectivity index (χ1n) is 5.79. The van der Waals surface area contributed by atoms with Gasteiger partial charge in [-0.25, -0.2) is 0 Å². The average molecular weight is 283 g/mol. The van der Waals surface area contributed by atoms with Crippen molar-refractivity contribution in [1.29, 1.82) is 0 Å². The number of alkyl halides is 3. The summed E-state index contributed by atoms with van der Waals surface area (Å²) in [6, 6.07) is 6.11. The number of halogens is 3. The van der Waals surface area contributed by atoms with E-state index in [0.717, 1.165) is 11.1 Å². The molecule has 20 heavy (non-hydrogen) atoms. The number of nitrogens with zero attached hydrogens (tertiary/aromatic N) is 1. The predicted molar refractivity (Wildman–Crippen MR) is 67.5 cm³/mol. The van der Waals surface area contributed by atoms with Gasteiger partial charge in [0.25, 0.3) is 5.91 Å². The molecule has 2 aromatic rings. The van der Waals surface area contributed by atoms with Crippen molar-refractivity contribution in [2.75, 3.05) is 5.32 Å². The molecule has 4 nitrogen and oxygen atoms in total. The molecule has 1 aromatic heterocycles. The van der Waals surface area contributed by atoms with Crippen LogP contribution < -0.4 is 5.32 Å². The standard InChI is InChI=1S/C13H12F3N3O/c1-7-4-3-5-8(2)11(7)17-12(20)9-6-10(19-18-9)13(14,15)16/h3-6H,1-2H3,(H,17,20)(H,18,19). The van der Waals surface area contributed by atoms with Crippen LogP contribution in [-0.2, 0) is 6.18 Å². The lowest BCUT2D eigenvalue weighted by Crippen LogP contribution is -2.14. The van der Waals surface area contributed by atoms with Crippen molar-refractivity contribution in [2.45, 2.75) is 20.0 Å². The van der Waals surface area contributed by atoms with Gasteiger partial charge in [0, 0.05) is 11.8 Å². The van der Waals surface area contributed by atoms with E-state index in [1.165, 1.54) is 0 Å². The molecule has 0 fully saturated rings. The van der Waals surface area contributed by atoms with Gasteiger partial charge >= 0.3 is 6.18 Å². The lowest BCUT2D eigenvalue weighted by atomic mass is 10.1. The summed E-state index contributed by atoms with van der Waals surface area (Å²) in [6.07, 6.45) is -4.55. The number of anilines is 1. The molecule has 0 unspecified atom stereocenters. The zero-order valence-electron chi connectivity index (χ0n) is 10.8. The quantitative estimate of drug-likeness (QED) is 0.888. The van der Waals surface area contributed by atoms with E-state index in [1.54, 1.807) is 31.1 Å². The summed E-state index contributed by atoms with van der Waals surface area (Å²) in [5.41, 5.74) is 0.869. The number of nitrogens with one attached hydrogen (secondary N) is 2. The lowest BCUT2D eigenvalue weighted by molar-refractivity contribution is -0.141. The van der Waals surface area contributed by atoms with Crippen LogP contribution in [0.5, 0.6) is 0 Å². The molecule has 0 aliphatic rings. The summed E-state index contributed by atoms with van der Waals surface area (Å²) in [7, 11) is 0. The van der Waals surface area contributed by atoms with E-state index in [9.17, 15) is 18.0 Å². The molecule has 0 bridgehead atoms. The summed E-state index contributed by atoms with van der Waals surface area (Å²) in [6.45, 7) is 3.60. The number of aromatic nitrogens is 2. The van der Waals surface area contributed by atoms with Gasteiger partial charge in [0.2, 0.25) is 0 Å². The van der Waals surface area contributed by atoms with Gasteiger partial charge in [-0.2, -0.15) is 18.3 Å². The molecule has 0 spiro atoms. The molecule has 0 aliphatic carbocycles. The molecule has 0 saturated carbocycles. The molecular weight excluding hydrogens is 271 g/mol. The second kappa shape index (κ2) is 4.99. The van der Waals surface area contributed by atoms with Gasteiger partial charge < -0.3 is 5.32 Å². The fraction of sp³-hybridized carbons (Fsp3) is 0.231. The SMILES string of the molecule is Cc1cccc(C)c1NC(=O)c1cc(C(F)(F)F)[nH]n1. The van der Waals surface area contributed by atoms with Crippen LogP contribution in [0.4, 0.5) is 18.9 Å². The number of hydrogen-bond donors (Lipinski definition) is 2. The topological polar surface area (TPSA) is 57.8 Å². The van der Waals surface area contributed by atoms with Crippen LogP contribution in [0, 0.1) is 13.8 Å². The van der Waals surface area contributed by atoms with Gasteiger partial charge in [0.05, 0.1) is 0 Å². The molecule has 1 heterocycles. The first-order valence-corrected chi connectivity index (χ1v) is 5.79. The molecule has 106 valence electrons. The maximum atomic E-state index is 12.4. The summed E-state index contributed by atoms with van der Waals surface area (Å²) >= 11 is 0. The fourth-order valence-electron chi connectivity index (χ4n) is 1.77. The summed E-state index contributed by atoms with van der Waals surface area (Å²) in [4.78, 5) is 11.9. The van der Waals surface area contributed by atoms with Crippen LogP contribution in [0.2, 0.25) is 0 Å². The van der Waals surface area contributed by atoms with Crippen LogP contribution in [-0.4, -0.2) is 16.1 Å². The van der Waals surface area contributed by atoms with Gasteiger partial charge in [-0.3, -0.25) is 9.89 Å². The molecule has 2 N–H and O–H groups in total. The highest BCUT2D eigenvalue weighted by Gasteiger charge is 2.33. The van der Waals surface area contributed by atoms with E-state index >= 15 is 0 Å². The number of aromatic amines is 1. The minimum absolute atomic E-state index is 0.306. The van der Waals surface area contributed by atoms with Crippen LogP contribution in [0.15, 0.2) is 24.3 Å². The first kappa shape index (κ1) is 14.1. The van der Waals surface area contributed by atoms with Crippen molar-refractivity contribution in [3.05, 3.63) is 46.8 Å². The van der Waals surface area contributed by atoms with Gasteiger partial charge in [-0.1, -0.05) is 18.2 Å². The van der Waals surface area contributed by atoms with E-state index < -0.39 is 17.8 Å². The van der Waals surface area contributed by atoms with Crippen molar-refractivity contribution >= 4 is 11.6 Å². The molecule has 0 aliphatic heterocycles. The largest absolute Gasteiger partial charge is 0.432 e. The number of para-hydroxylation sites is 1. The Morgan fingerprint density at radius 2 is 1.85 bits per heavy atom. The van der Waals surface area contributed by atoms with E-state index in [1.807, 2.05) is 6.07 Å². The third-order valence-corrected chi connectivity index (χ3v) is 2.84. The Kier molecular flexibility index (Phi) is 3.52. The number of amides is 1. The normalized spacial score (nSPS) is 11.4. The van der Waals surface area contributed by atoms with E-state index in [2.05, 4.69) is 10.4 Å². The number of H-pyrrole nitrogens is 1. The molecule has 1 amide bonds. The zero-order chi connectivity index (χ0) is 14.9. The Morgan fingerprint density at radius 3 is 2.35 bits per heavy atom. The predicted octanol–water partition coefficient (Wildman–Crippen LogP) is 3.30. The fourth-order valence-corrected chi connectivity index (χ4v) is 1.77. The minimum atomic E-state index is -4.55. The number of hydrogen-bond acceptors (Lipinski definition) is 2. The molecule has 0 saturated heterocycles. The lowest BCUT2D eigenvalue weighted by Gasteiger charge is -2.10. The molecular formula is C13H12F3N3O. The van der Waals surface area contributed by atoms with Gasteiger partial charge in [0.15, 0.2) is 5.69 Å². The van der Waals surface area contributed by atoms with Crippen molar-refractivity contribution in [3.8, 4) is 0 Å². The highest BCUT2D eigenvalue weighted by atomic mass is 19.4. The Hall–Kier alpha value is -2.31. The van der Waals surface area contributed by atoms with Gasteiger partial charge in [-0.05, 0) is 25.0 Å². The first-order chi connectivity index (χ1) is 9.29. The Balaban J connectivity index is 2.23. The monoisotopic (exact) mass is 283 g/mol. The van der Waals surface area contributed by atoms with Crippen LogP contribution in [0.3, 0.4) is 0 Å².